The molecule has 0 saturated heterocycles. The fraction of sp³-hybridized carbons (Fsp3) is 0.375. The van der Waals surface area contributed by atoms with E-state index in [0.29, 0.717) is 0 Å². The predicted molar refractivity (Wildman–Crippen MR) is 88.1 cm³/mol. The number of hydrogen-bond acceptors (Lipinski definition) is 3. The Kier molecular flexibility index (Phi) is 5.12. The van der Waals surface area contributed by atoms with Crippen molar-refractivity contribution in [2.75, 3.05) is 11.9 Å². The molecule has 106 valence electrons. The number of aryl methyl sites for hydroxylation is 1. The van der Waals surface area contributed by atoms with Gasteiger partial charge in [-0.15, -0.1) is 0 Å². The van der Waals surface area contributed by atoms with E-state index >= 15 is 0 Å². The topological polar surface area (TPSA) is 37.8 Å². The Morgan fingerprint density at radius 1 is 1.20 bits per heavy atom. The van der Waals surface area contributed by atoms with Gasteiger partial charge in [0.2, 0.25) is 0 Å². The molecule has 1 aromatic carbocycles. The van der Waals surface area contributed by atoms with Crippen molar-refractivity contribution >= 4 is 21.7 Å². The van der Waals surface area contributed by atoms with Crippen LogP contribution in [0, 0.1) is 6.92 Å². The van der Waals surface area contributed by atoms with Gasteiger partial charge in [0, 0.05) is 28.6 Å². The van der Waals surface area contributed by atoms with Crippen LogP contribution in [0.2, 0.25) is 0 Å². The van der Waals surface area contributed by atoms with E-state index in [0.717, 1.165) is 52.3 Å². The van der Waals surface area contributed by atoms with Crippen LogP contribution in [-0.4, -0.2) is 16.5 Å². The van der Waals surface area contributed by atoms with E-state index in [4.69, 9.17) is 4.98 Å². The Morgan fingerprint density at radius 3 is 2.65 bits per heavy atom. The smallest absolute Gasteiger partial charge is 0.133 e. The van der Waals surface area contributed by atoms with Crippen LogP contribution in [0.25, 0.3) is 11.3 Å². The highest BCUT2D eigenvalue weighted by Crippen LogP contribution is 2.27. The molecule has 1 aromatic heterocycles. The highest BCUT2D eigenvalue weighted by atomic mass is 79.9. The van der Waals surface area contributed by atoms with Crippen LogP contribution in [-0.2, 0) is 6.42 Å². The number of hydrogen-bond donors (Lipinski definition) is 1. The summed E-state index contributed by atoms with van der Waals surface area (Å²) in [4.78, 5) is 9.30. The van der Waals surface area contributed by atoms with Gasteiger partial charge in [-0.1, -0.05) is 41.9 Å². The van der Waals surface area contributed by atoms with Gasteiger partial charge in [0.15, 0.2) is 0 Å². The maximum absolute atomic E-state index is 4.70. The summed E-state index contributed by atoms with van der Waals surface area (Å²) in [5.74, 6) is 1.83. The highest BCUT2D eigenvalue weighted by Gasteiger charge is 2.11. The average Bonchev–Trinajstić information content (AvgIpc) is 2.46. The standard InChI is InChI=1S/C16H20BrN3/c1-4-9-18-16-11(3)15(19-14(5-2)20-16)12-7-6-8-13(17)10-12/h6-8,10H,4-5,9H2,1-3H3,(H,18,19,20). The summed E-state index contributed by atoms with van der Waals surface area (Å²) in [6, 6.07) is 8.24. The van der Waals surface area contributed by atoms with Gasteiger partial charge in [-0.25, -0.2) is 9.97 Å². The largest absolute Gasteiger partial charge is 0.370 e. The van der Waals surface area contributed by atoms with E-state index in [1.165, 1.54) is 0 Å². The molecular formula is C16H20BrN3. The molecule has 4 heteroatoms. The molecule has 1 heterocycles. The monoisotopic (exact) mass is 333 g/mol. The second kappa shape index (κ2) is 6.84. The van der Waals surface area contributed by atoms with Gasteiger partial charge < -0.3 is 5.32 Å². The molecule has 0 saturated carbocycles. The summed E-state index contributed by atoms with van der Waals surface area (Å²) in [5, 5.41) is 3.40. The van der Waals surface area contributed by atoms with Crippen LogP contribution in [0.3, 0.4) is 0 Å². The molecular weight excluding hydrogens is 314 g/mol. The molecule has 0 amide bonds. The molecule has 0 aliphatic heterocycles. The second-order valence-electron chi connectivity index (χ2n) is 4.75. The maximum atomic E-state index is 4.70. The fourth-order valence-electron chi connectivity index (χ4n) is 2.05. The molecule has 0 aliphatic rings. The summed E-state index contributed by atoms with van der Waals surface area (Å²) in [7, 11) is 0. The SMILES string of the molecule is CCCNc1nc(CC)nc(-c2cccc(Br)c2)c1C. The van der Waals surface area contributed by atoms with Crippen molar-refractivity contribution in [2.24, 2.45) is 0 Å². The van der Waals surface area contributed by atoms with Crippen molar-refractivity contribution in [2.45, 2.75) is 33.6 Å². The van der Waals surface area contributed by atoms with Gasteiger partial charge in [0.1, 0.15) is 11.6 Å². The van der Waals surface area contributed by atoms with Gasteiger partial charge >= 0.3 is 0 Å². The molecule has 1 N–H and O–H groups in total. The van der Waals surface area contributed by atoms with Crippen LogP contribution >= 0.6 is 15.9 Å². The summed E-state index contributed by atoms with van der Waals surface area (Å²) >= 11 is 3.52. The summed E-state index contributed by atoms with van der Waals surface area (Å²) in [6.45, 7) is 7.24. The first-order valence-corrected chi connectivity index (χ1v) is 7.82. The first kappa shape index (κ1) is 15.0. The first-order valence-electron chi connectivity index (χ1n) is 7.03. The molecule has 2 aromatic rings. The van der Waals surface area contributed by atoms with Crippen LogP contribution in [0.1, 0.15) is 31.7 Å². The Morgan fingerprint density at radius 2 is 2.00 bits per heavy atom. The number of nitrogens with zero attached hydrogens (tertiary/aromatic N) is 2. The summed E-state index contributed by atoms with van der Waals surface area (Å²) in [6.07, 6.45) is 1.92. The third-order valence-corrected chi connectivity index (χ3v) is 3.64. The summed E-state index contributed by atoms with van der Waals surface area (Å²) < 4.78 is 1.06. The average molecular weight is 334 g/mol. The molecule has 0 aliphatic carbocycles. The van der Waals surface area contributed by atoms with Gasteiger partial charge in [-0.2, -0.15) is 0 Å². The van der Waals surface area contributed by atoms with Crippen molar-refractivity contribution in [3.05, 3.63) is 40.1 Å². The molecule has 0 atom stereocenters. The minimum Gasteiger partial charge on any atom is -0.370 e. The maximum Gasteiger partial charge on any atom is 0.133 e. The van der Waals surface area contributed by atoms with Crippen LogP contribution in [0.4, 0.5) is 5.82 Å². The number of aromatic nitrogens is 2. The highest BCUT2D eigenvalue weighted by molar-refractivity contribution is 9.10. The minimum absolute atomic E-state index is 0.835. The van der Waals surface area contributed by atoms with E-state index < -0.39 is 0 Å². The van der Waals surface area contributed by atoms with Crippen LogP contribution in [0.15, 0.2) is 28.7 Å². The van der Waals surface area contributed by atoms with Crippen molar-refractivity contribution in [1.82, 2.24) is 9.97 Å². The van der Waals surface area contributed by atoms with Gasteiger partial charge in [-0.3, -0.25) is 0 Å². The first-order chi connectivity index (χ1) is 9.65. The normalized spacial score (nSPS) is 10.6. The Bertz CT molecular complexity index is 596. The zero-order valence-electron chi connectivity index (χ0n) is 12.2. The predicted octanol–water partition coefficient (Wildman–Crippen LogP) is 4.60. The molecule has 0 bridgehead atoms. The van der Waals surface area contributed by atoms with E-state index in [1.54, 1.807) is 0 Å². The van der Waals surface area contributed by atoms with Crippen molar-refractivity contribution in [3.8, 4) is 11.3 Å². The third-order valence-electron chi connectivity index (χ3n) is 3.15. The van der Waals surface area contributed by atoms with Crippen molar-refractivity contribution in [1.29, 1.82) is 0 Å². The van der Waals surface area contributed by atoms with Crippen molar-refractivity contribution in [3.63, 3.8) is 0 Å². The Labute approximate surface area is 129 Å². The van der Waals surface area contributed by atoms with Gasteiger partial charge in [-0.05, 0) is 25.5 Å². The van der Waals surface area contributed by atoms with E-state index in [2.05, 4.69) is 59.1 Å². The number of halogens is 1. The van der Waals surface area contributed by atoms with E-state index in [9.17, 15) is 0 Å². The molecule has 0 fully saturated rings. The number of anilines is 1. The lowest BCUT2D eigenvalue weighted by atomic mass is 10.1. The van der Waals surface area contributed by atoms with Gasteiger partial charge in [0.25, 0.3) is 0 Å². The lowest BCUT2D eigenvalue weighted by Gasteiger charge is -2.13. The molecule has 0 spiro atoms. The van der Waals surface area contributed by atoms with E-state index in [-0.39, 0.29) is 0 Å². The number of rotatable bonds is 5. The lowest BCUT2D eigenvalue weighted by Crippen LogP contribution is -2.08. The number of benzene rings is 1. The quantitative estimate of drug-likeness (QED) is 0.868. The molecule has 0 radical (unpaired) electrons. The Balaban J connectivity index is 2.51. The second-order valence-corrected chi connectivity index (χ2v) is 5.67. The lowest BCUT2D eigenvalue weighted by molar-refractivity contribution is 0.911. The van der Waals surface area contributed by atoms with E-state index in [1.807, 2.05) is 12.1 Å². The zero-order chi connectivity index (χ0) is 14.5. The molecule has 3 nitrogen and oxygen atoms in total. The molecule has 20 heavy (non-hydrogen) atoms. The molecule has 2 rings (SSSR count). The third kappa shape index (κ3) is 3.37. The minimum atomic E-state index is 0.835. The molecule has 0 unspecified atom stereocenters. The van der Waals surface area contributed by atoms with Crippen LogP contribution < -0.4 is 5.32 Å². The fourth-order valence-corrected chi connectivity index (χ4v) is 2.45. The van der Waals surface area contributed by atoms with Gasteiger partial charge in [0.05, 0.1) is 5.69 Å². The van der Waals surface area contributed by atoms with Crippen molar-refractivity contribution < 1.29 is 0 Å². The zero-order valence-corrected chi connectivity index (χ0v) is 13.8. The number of nitrogens with one attached hydrogen (secondary N) is 1. The Hall–Kier alpha value is -1.42. The summed E-state index contributed by atoms with van der Waals surface area (Å²) in [5.41, 5.74) is 3.24. The van der Waals surface area contributed by atoms with Crippen LogP contribution in [0.5, 0.6) is 0 Å².